The monoisotopic (exact) mass is 981 g/mol. The summed E-state index contributed by atoms with van der Waals surface area (Å²) in [6, 6.07) is 0. The molecular formula is C56H101O11P. The number of carbonyl (C=O) groups excluding carboxylic acids is 3. The van der Waals surface area contributed by atoms with Gasteiger partial charge in [0.1, 0.15) is 12.7 Å². The van der Waals surface area contributed by atoms with Crippen molar-refractivity contribution >= 4 is 25.7 Å². The number of aliphatic hydroxyl groups is 1. The average Bonchev–Trinajstić information content (AvgIpc) is 3.32. The number of phosphoric ester groups is 1. The van der Waals surface area contributed by atoms with Crippen LogP contribution in [0.25, 0.3) is 0 Å². The third-order valence-corrected chi connectivity index (χ3v) is 12.7. The Kier molecular flexibility index (Phi) is 48.9. The summed E-state index contributed by atoms with van der Waals surface area (Å²) in [5.74, 6) is -1.48. The SMILES string of the molecule is CC/C=C\C/C=C\C/C=C\CCCCCCCCCC(=O)OCC(COP(=O)(O)OCC(CO)OC(=O)CCCCCCCCCCCCC)OC(=O)CCCCCCC/C=C\CCCCCC. The van der Waals surface area contributed by atoms with Crippen molar-refractivity contribution in [2.75, 3.05) is 26.4 Å². The van der Waals surface area contributed by atoms with E-state index in [9.17, 15) is 28.9 Å². The number of unbranched alkanes of at least 4 members (excludes halogenated alkanes) is 26. The molecule has 0 aliphatic carbocycles. The molecule has 0 aromatic rings. The van der Waals surface area contributed by atoms with Gasteiger partial charge in [-0.3, -0.25) is 23.4 Å². The first-order valence-corrected chi connectivity index (χ1v) is 29.0. The van der Waals surface area contributed by atoms with Crippen LogP contribution < -0.4 is 0 Å². The molecule has 0 aliphatic rings. The van der Waals surface area contributed by atoms with Gasteiger partial charge in [-0.1, -0.05) is 204 Å². The molecule has 2 N–H and O–H groups in total. The first-order valence-electron chi connectivity index (χ1n) is 27.5. The van der Waals surface area contributed by atoms with E-state index in [1.54, 1.807) is 0 Å². The van der Waals surface area contributed by atoms with Crippen molar-refractivity contribution in [3.8, 4) is 0 Å². The van der Waals surface area contributed by atoms with Crippen LogP contribution in [0.5, 0.6) is 0 Å². The molecule has 0 saturated heterocycles. The number of rotatable bonds is 51. The van der Waals surface area contributed by atoms with E-state index in [2.05, 4.69) is 69.4 Å². The van der Waals surface area contributed by atoms with Crippen LogP contribution in [0.15, 0.2) is 48.6 Å². The van der Waals surface area contributed by atoms with E-state index in [0.717, 1.165) is 109 Å². The Bertz CT molecular complexity index is 1330. The highest BCUT2D eigenvalue weighted by atomic mass is 31.2. The Balaban J connectivity index is 4.73. The quantitative estimate of drug-likeness (QED) is 0.0197. The molecule has 0 aromatic carbocycles. The Morgan fingerprint density at radius 2 is 0.765 bits per heavy atom. The lowest BCUT2D eigenvalue weighted by atomic mass is 10.1. The lowest BCUT2D eigenvalue weighted by Gasteiger charge is -2.21. The topological polar surface area (TPSA) is 155 Å². The van der Waals surface area contributed by atoms with Gasteiger partial charge in [-0.15, -0.1) is 0 Å². The van der Waals surface area contributed by atoms with Crippen LogP contribution in [0.2, 0.25) is 0 Å². The van der Waals surface area contributed by atoms with Gasteiger partial charge in [0.05, 0.1) is 19.8 Å². The second kappa shape index (κ2) is 50.8. The molecule has 3 atom stereocenters. The van der Waals surface area contributed by atoms with Crippen LogP contribution >= 0.6 is 7.82 Å². The summed E-state index contributed by atoms with van der Waals surface area (Å²) < 4.78 is 39.4. The summed E-state index contributed by atoms with van der Waals surface area (Å²) in [7, 11) is -4.74. The molecule has 0 fully saturated rings. The van der Waals surface area contributed by atoms with Gasteiger partial charge in [-0.05, 0) is 77.0 Å². The molecular weight excluding hydrogens is 880 g/mol. The first kappa shape index (κ1) is 65.4. The van der Waals surface area contributed by atoms with Gasteiger partial charge in [0.15, 0.2) is 6.10 Å². The lowest BCUT2D eigenvalue weighted by Crippen LogP contribution is -2.30. The van der Waals surface area contributed by atoms with Crippen molar-refractivity contribution in [2.24, 2.45) is 0 Å². The van der Waals surface area contributed by atoms with E-state index >= 15 is 0 Å². The Morgan fingerprint density at radius 1 is 0.426 bits per heavy atom. The van der Waals surface area contributed by atoms with Gasteiger partial charge in [-0.25, -0.2) is 4.57 Å². The van der Waals surface area contributed by atoms with Gasteiger partial charge < -0.3 is 24.2 Å². The fourth-order valence-corrected chi connectivity index (χ4v) is 8.33. The number of allylic oxidation sites excluding steroid dienone is 8. The maximum atomic E-state index is 12.9. The van der Waals surface area contributed by atoms with Gasteiger partial charge in [0, 0.05) is 19.3 Å². The van der Waals surface area contributed by atoms with E-state index in [1.807, 2.05) is 0 Å². The zero-order valence-electron chi connectivity index (χ0n) is 43.6. The summed E-state index contributed by atoms with van der Waals surface area (Å²) in [6.07, 6.45) is 52.1. The molecule has 3 unspecified atom stereocenters. The Morgan fingerprint density at radius 3 is 1.21 bits per heavy atom. The fraction of sp³-hybridized carbons (Fsp3) is 0.804. The molecule has 0 bridgehead atoms. The van der Waals surface area contributed by atoms with Crippen molar-refractivity contribution < 1.29 is 52.2 Å². The second-order valence-electron chi connectivity index (χ2n) is 18.4. The zero-order valence-corrected chi connectivity index (χ0v) is 44.5. The number of carbonyl (C=O) groups is 3. The van der Waals surface area contributed by atoms with Crippen molar-refractivity contribution in [1.82, 2.24) is 0 Å². The highest BCUT2D eigenvalue weighted by Crippen LogP contribution is 2.43. The normalized spacial score (nSPS) is 13.8. The number of esters is 3. The van der Waals surface area contributed by atoms with Crippen molar-refractivity contribution in [1.29, 1.82) is 0 Å². The molecule has 0 aromatic heterocycles. The second-order valence-corrected chi connectivity index (χ2v) is 19.8. The predicted molar refractivity (Wildman–Crippen MR) is 279 cm³/mol. The maximum Gasteiger partial charge on any atom is 0.472 e. The maximum absolute atomic E-state index is 12.9. The Labute approximate surface area is 415 Å². The van der Waals surface area contributed by atoms with Gasteiger partial charge in [0.2, 0.25) is 0 Å². The van der Waals surface area contributed by atoms with Crippen LogP contribution in [-0.4, -0.2) is 66.5 Å². The predicted octanol–water partition coefficient (Wildman–Crippen LogP) is 15.8. The third-order valence-electron chi connectivity index (χ3n) is 11.7. The zero-order chi connectivity index (χ0) is 49.9. The van der Waals surface area contributed by atoms with Crippen LogP contribution in [0, 0.1) is 0 Å². The van der Waals surface area contributed by atoms with Crippen molar-refractivity contribution in [3.63, 3.8) is 0 Å². The minimum absolute atomic E-state index is 0.157. The molecule has 12 heteroatoms. The molecule has 0 saturated carbocycles. The van der Waals surface area contributed by atoms with E-state index in [0.29, 0.717) is 19.3 Å². The lowest BCUT2D eigenvalue weighted by molar-refractivity contribution is -0.161. The number of hydrogen-bond donors (Lipinski definition) is 2. The van der Waals surface area contributed by atoms with E-state index in [4.69, 9.17) is 23.3 Å². The first-order chi connectivity index (χ1) is 33.2. The van der Waals surface area contributed by atoms with E-state index in [-0.39, 0.29) is 25.9 Å². The molecule has 0 amide bonds. The molecule has 0 rings (SSSR count). The van der Waals surface area contributed by atoms with Crippen LogP contribution in [0.4, 0.5) is 0 Å². The van der Waals surface area contributed by atoms with E-state index in [1.165, 1.54) is 83.5 Å². The van der Waals surface area contributed by atoms with Gasteiger partial charge in [-0.2, -0.15) is 0 Å². The number of ether oxygens (including phenoxy) is 3. The number of aliphatic hydroxyl groups excluding tert-OH is 1. The largest absolute Gasteiger partial charge is 0.472 e. The average molecular weight is 981 g/mol. The number of phosphoric acid groups is 1. The minimum atomic E-state index is -4.74. The fourth-order valence-electron chi connectivity index (χ4n) is 7.54. The molecule has 0 aliphatic heterocycles. The summed E-state index contributed by atoms with van der Waals surface area (Å²) in [4.78, 5) is 48.4. The number of hydrogen-bond acceptors (Lipinski definition) is 10. The smallest absolute Gasteiger partial charge is 0.462 e. The Hall–Kier alpha value is -2.56. The molecule has 0 heterocycles. The van der Waals surface area contributed by atoms with Gasteiger partial charge >= 0.3 is 25.7 Å². The highest BCUT2D eigenvalue weighted by molar-refractivity contribution is 7.47. The van der Waals surface area contributed by atoms with Crippen LogP contribution in [0.1, 0.15) is 252 Å². The van der Waals surface area contributed by atoms with Gasteiger partial charge in [0.25, 0.3) is 0 Å². The summed E-state index contributed by atoms with van der Waals surface area (Å²) in [5, 5.41) is 9.77. The van der Waals surface area contributed by atoms with Crippen molar-refractivity contribution in [3.05, 3.63) is 48.6 Å². The summed E-state index contributed by atoms with van der Waals surface area (Å²) in [5.41, 5.74) is 0. The standard InChI is InChI=1S/C56H101O11P/c1-4-7-10-13-16-19-22-24-25-26-27-29-31-33-36-39-42-45-54(58)63-49-53(67-56(60)47-44-41-38-35-32-28-23-20-17-14-11-8-5-2)51-65-68(61,62)64-50-52(48-57)66-55(59)46-43-40-37-34-30-21-18-15-12-9-6-3/h7,10,16,19-20,23-25,52-53,57H,4-6,8-9,11-15,17-18,21-22,26-51H2,1-3H3,(H,61,62)/b10-7-,19-16-,23-20-,25-24-. The summed E-state index contributed by atoms with van der Waals surface area (Å²) in [6.45, 7) is 4.50. The third kappa shape index (κ3) is 48.5. The minimum Gasteiger partial charge on any atom is -0.462 e. The molecule has 0 spiro atoms. The molecule has 0 radical (unpaired) electrons. The molecule has 396 valence electrons. The summed E-state index contributed by atoms with van der Waals surface area (Å²) >= 11 is 0. The van der Waals surface area contributed by atoms with Crippen LogP contribution in [-0.2, 0) is 42.2 Å². The highest BCUT2D eigenvalue weighted by Gasteiger charge is 2.28. The molecule has 68 heavy (non-hydrogen) atoms. The van der Waals surface area contributed by atoms with E-state index < -0.39 is 57.8 Å². The van der Waals surface area contributed by atoms with Crippen LogP contribution in [0.3, 0.4) is 0 Å². The molecule has 11 nitrogen and oxygen atoms in total. The van der Waals surface area contributed by atoms with Crippen molar-refractivity contribution in [2.45, 2.75) is 264 Å².